The zero-order valence-corrected chi connectivity index (χ0v) is 11.9. The van der Waals surface area contributed by atoms with Crippen molar-refractivity contribution in [2.45, 2.75) is 6.54 Å². The van der Waals surface area contributed by atoms with Gasteiger partial charge in [-0.25, -0.2) is 4.98 Å². The van der Waals surface area contributed by atoms with Gasteiger partial charge in [0.05, 0.1) is 30.6 Å². The smallest absolute Gasteiger partial charge is 0.213 e. The molecule has 1 heterocycles. The van der Waals surface area contributed by atoms with Crippen molar-refractivity contribution >= 4 is 21.6 Å². The van der Waals surface area contributed by atoms with Crippen molar-refractivity contribution in [3.8, 4) is 11.9 Å². The second kappa shape index (κ2) is 6.21. The number of nitrogens with one attached hydrogen (secondary N) is 1. The molecule has 1 N–H and O–H groups in total. The van der Waals surface area contributed by atoms with Gasteiger partial charge in [0.1, 0.15) is 6.07 Å². The van der Waals surface area contributed by atoms with Crippen molar-refractivity contribution in [3.05, 3.63) is 52.1 Å². The summed E-state index contributed by atoms with van der Waals surface area (Å²) < 4.78 is 5.95. The molecule has 0 fully saturated rings. The molecule has 0 aliphatic heterocycles. The van der Waals surface area contributed by atoms with Crippen molar-refractivity contribution in [1.29, 1.82) is 5.26 Å². The summed E-state index contributed by atoms with van der Waals surface area (Å²) in [5.74, 6) is 0.579. The van der Waals surface area contributed by atoms with Gasteiger partial charge in [-0.1, -0.05) is 22.0 Å². The lowest BCUT2D eigenvalue weighted by atomic mass is 10.2. The molecule has 2 aromatic rings. The number of pyridine rings is 1. The monoisotopic (exact) mass is 317 g/mol. The van der Waals surface area contributed by atoms with Crippen LogP contribution in [0.1, 0.15) is 11.3 Å². The van der Waals surface area contributed by atoms with Gasteiger partial charge < -0.3 is 10.1 Å². The Morgan fingerprint density at radius 3 is 2.95 bits per heavy atom. The number of nitrogens with zero attached hydrogens (tertiary/aromatic N) is 2. The third-order valence-corrected chi connectivity index (χ3v) is 3.05. The molecule has 96 valence electrons. The standard InChI is InChI=1S/C14H12BrN3O/c1-19-14-4-2-3-12(18-14)9-17-13-6-5-11(15)7-10(13)8-16/h2-7,17H,9H2,1H3. The zero-order chi connectivity index (χ0) is 13.7. The minimum atomic E-state index is 0.535. The molecule has 0 aliphatic rings. The average Bonchev–Trinajstić information content (AvgIpc) is 2.46. The molecule has 1 aromatic heterocycles. The number of benzene rings is 1. The van der Waals surface area contributed by atoms with Crippen LogP contribution in [0.4, 0.5) is 5.69 Å². The molecule has 0 saturated heterocycles. The first kappa shape index (κ1) is 13.4. The predicted molar refractivity (Wildman–Crippen MR) is 77.0 cm³/mol. The van der Waals surface area contributed by atoms with E-state index in [1.54, 1.807) is 19.2 Å². The predicted octanol–water partition coefficient (Wildman–Crippen LogP) is 3.34. The molecule has 0 saturated carbocycles. The van der Waals surface area contributed by atoms with Crippen LogP contribution >= 0.6 is 15.9 Å². The van der Waals surface area contributed by atoms with E-state index in [2.05, 4.69) is 32.3 Å². The Balaban J connectivity index is 2.12. The summed E-state index contributed by atoms with van der Waals surface area (Å²) in [5, 5.41) is 12.3. The number of hydrogen-bond acceptors (Lipinski definition) is 4. The fraction of sp³-hybridized carbons (Fsp3) is 0.143. The molecule has 0 bridgehead atoms. The van der Waals surface area contributed by atoms with E-state index in [-0.39, 0.29) is 0 Å². The maximum Gasteiger partial charge on any atom is 0.213 e. The highest BCUT2D eigenvalue weighted by Crippen LogP contribution is 2.20. The second-order valence-corrected chi connectivity index (χ2v) is 4.74. The Morgan fingerprint density at radius 2 is 2.21 bits per heavy atom. The molecule has 0 unspecified atom stereocenters. The number of methoxy groups -OCH3 is 1. The zero-order valence-electron chi connectivity index (χ0n) is 10.4. The number of nitriles is 1. The number of hydrogen-bond donors (Lipinski definition) is 1. The molecule has 5 heteroatoms. The SMILES string of the molecule is COc1cccc(CNc2ccc(Br)cc2C#N)n1. The van der Waals surface area contributed by atoms with Crippen molar-refractivity contribution in [2.24, 2.45) is 0 Å². The summed E-state index contributed by atoms with van der Waals surface area (Å²) >= 11 is 3.34. The first-order valence-corrected chi connectivity index (χ1v) is 6.45. The molecular weight excluding hydrogens is 306 g/mol. The molecule has 0 amide bonds. The molecule has 4 nitrogen and oxygen atoms in total. The third-order valence-electron chi connectivity index (χ3n) is 2.55. The summed E-state index contributed by atoms with van der Waals surface area (Å²) in [6, 6.07) is 13.3. The fourth-order valence-electron chi connectivity index (χ4n) is 1.62. The van der Waals surface area contributed by atoms with E-state index in [1.165, 1.54) is 0 Å². The summed E-state index contributed by atoms with van der Waals surface area (Å²) in [7, 11) is 1.59. The van der Waals surface area contributed by atoms with E-state index in [0.717, 1.165) is 15.9 Å². The van der Waals surface area contributed by atoms with Gasteiger partial charge >= 0.3 is 0 Å². The van der Waals surface area contributed by atoms with Gasteiger partial charge in [-0.2, -0.15) is 5.26 Å². The second-order valence-electron chi connectivity index (χ2n) is 3.83. The van der Waals surface area contributed by atoms with E-state index >= 15 is 0 Å². The Morgan fingerprint density at radius 1 is 1.37 bits per heavy atom. The molecule has 19 heavy (non-hydrogen) atoms. The van der Waals surface area contributed by atoms with Crippen molar-refractivity contribution in [2.75, 3.05) is 12.4 Å². The Hall–Kier alpha value is -2.06. The number of anilines is 1. The molecule has 0 aliphatic carbocycles. The van der Waals surface area contributed by atoms with Crippen LogP contribution in [0.25, 0.3) is 0 Å². The lowest BCUT2D eigenvalue weighted by Crippen LogP contribution is -2.03. The van der Waals surface area contributed by atoms with Gasteiger partial charge in [-0.15, -0.1) is 0 Å². The third kappa shape index (κ3) is 3.46. The van der Waals surface area contributed by atoms with Gasteiger partial charge in [0, 0.05) is 10.5 Å². The summed E-state index contributed by atoms with van der Waals surface area (Å²) in [6.07, 6.45) is 0. The molecule has 1 aromatic carbocycles. The van der Waals surface area contributed by atoms with Crippen LogP contribution in [0.3, 0.4) is 0 Å². The molecule has 0 radical (unpaired) electrons. The highest BCUT2D eigenvalue weighted by atomic mass is 79.9. The van der Waals surface area contributed by atoms with Crippen LogP contribution in [0.5, 0.6) is 5.88 Å². The molecule has 0 spiro atoms. The average molecular weight is 318 g/mol. The van der Waals surface area contributed by atoms with E-state index in [0.29, 0.717) is 18.0 Å². The van der Waals surface area contributed by atoms with Crippen molar-refractivity contribution in [3.63, 3.8) is 0 Å². The minimum Gasteiger partial charge on any atom is -0.481 e. The van der Waals surface area contributed by atoms with Crippen LogP contribution in [0.15, 0.2) is 40.9 Å². The lowest BCUT2D eigenvalue weighted by molar-refractivity contribution is 0.396. The van der Waals surface area contributed by atoms with Gasteiger partial charge in [-0.3, -0.25) is 0 Å². The quantitative estimate of drug-likeness (QED) is 0.939. The first-order valence-electron chi connectivity index (χ1n) is 5.66. The maximum absolute atomic E-state index is 9.08. The van der Waals surface area contributed by atoms with E-state index in [4.69, 9.17) is 10.00 Å². The van der Waals surface area contributed by atoms with Gasteiger partial charge in [0.2, 0.25) is 5.88 Å². The van der Waals surface area contributed by atoms with Gasteiger partial charge in [-0.05, 0) is 24.3 Å². The maximum atomic E-state index is 9.08. The molecular formula is C14H12BrN3O. The largest absolute Gasteiger partial charge is 0.481 e. The summed E-state index contributed by atoms with van der Waals surface area (Å²) in [6.45, 7) is 0.535. The van der Waals surface area contributed by atoms with E-state index < -0.39 is 0 Å². The number of halogens is 1. The number of ether oxygens (including phenoxy) is 1. The van der Waals surface area contributed by atoms with Crippen LogP contribution in [-0.4, -0.2) is 12.1 Å². The van der Waals surface area contributed by atoms with Crippen LogP contribution in [0.2, 0.25) is 0 Å². The highest BCUT2D eigenvalue weighted by molar-refractivity contribution is 9.10. The van der Waals surface area contributed by atoms with Crippen molar-refractivity contribution in [1.82, 2.24) is 4.98 Å². The minimum absolute atomic E-state index is 0.535. The number of aromatic nitrogens is 1. The van der Waals surface area contributed by atoms with Crippen LogP contribution in [0, 0.1) is 11.3 Å². The first-order chi connectivity index (χ1) is 9.22. The highest BCUT2D eigenvalue weighted by Gasteiger charge is 2.03. The lowest BCUT2D eigenvalue weighted by Gasteiger charge is -2.08. The Labute approximate surface area is 120 Å². The normalized spacial score (nSPS) is 9.74. The van der Waals surface area contributed by atoms with Crippen LogP contribution in [-0.2, 0) is 6.54 Å². The molecule has 0 atom stereocenters. The number of rotatable bonds is 4. The Kier molecular flexibility index (Phi) is 4.37. The van der Waals surface area contributed by atoms with Crippen molar-refractivity contribution < 1.29 is 4.74 Å². The Bertz CT molecular complexity index is 622. The summed E-state index contributed by atoms with van der Waals surface area (Å²) in [4.78, 5) is 4.30. The van der Waals surface area contributed by atoms with Gasteiger partial charge in [0.25, 0.3) is 0 Å². The fourth-order valence-corrected chi connectivity index (χ4v) is 1.98. The molecule has 2 rings (SSSR count). The van der Waals surface area contributed by atoms with Gasteiger partial charge in [0.15, 0.2) is 0 Å². The topological polar surface area (TPSA) is 57.9 Å². The van der Waals surface area contributed by atoms with E-state index in [9.17, 15) is 0 Å². The van der Waals surface area contributed by atoms with Crippen LogP contribution < -0.4 is 10.1 Å². The van der Waals surface area contributed by atoms with E-state index in [1.807, 2.05) is 24.3 Å². The summed E-state index contributed by atoms with van der Waals surface area (Å²) in [5.41, 5.74) is 2.23.